The quantitative estimate of drug-likeness (QED) is 0.892. The second-order valence-electron chi connectivity index (χ2n) is 4.27. The number of hydrogen-bond donors (Lipinski definition) is 1. The molecule has 1 fully saturated rings. The number of nitrogens with one attached hydrogen (secondary N) is 1. The van der Waals surface area contributed by atoms with Gasteiger partial charge in [0.1, 0.15) is 0 Å². The summed E-state index contributed by atoms with van der Waals surface area (Å²) in [6.07, 6.45) is 6.36. The Balaban J connectivity index is 2.12. The van der Waals surface area contributed by atoms with Crippen molar-refractivity contribution < 1.29 is 0 Å². The van der Waals surface area contributed by atoms with Gasteiger partial charge in [0.2, 0.25) is 0 Å². The molecule has 1 unspecified atom stereocenters. The average Bonchev–Trinajstić information content (AvgIpc) is 2.30. The third-order valence-corrected chi connectivity index (χ3v) is 4.05. The van der Waals surface area contributed by atoms with Crippen LogP contribution in [0.25, 0.3) is 0 Å². The highest BCUT2D eigenvalue weighted by molar-refractivity contribution is 9.10. The minimum Gasteiger partial charge on any atom is -0.317 e. The van der Waals surface area contributed by atoms with Gasteiger partial charge in [0, 0.05) is 16.9 Å². The van der Waals surface area contributed by atoms with Crippen molar-refractivity contribution in [1.29, 1.82) is 0 Å². The van der Waals surface area contributed by atoms with E-state index in [1.165, 1.54) is 18.4 Å². The monoisotopic (exact) mass is 268 g/mol. The van der Waals surface area contributed by atoms with E-state index in [2.05, 4.69) is 39.2 Å². The molecule has 1 aliphatic rings. The number of nitrogens with zero attached hydrogens (tertiary/aromatic N) is 1. The normalized spacial score (nSPS) is 20.1. The maximum Gasteiger partial charge on any atom is 0.0413 e. The van der Waals surface area contributed by atoms with Crippen molar-refractivity contribution >= 4 is 15.9 Å². The Morgan fingerprint density at radius 2 is 2.20 bits per heavy atom. The molecule has 0 radical (unpaired) electrons. The largest absolute Gasteiger partial charge is 0.317 e. The van der Waals surface area contributed by atoms with E-state index >= 15 is 0 Å². The molecule has 82 valence electrons. The lowest BCUT2D eigenvalue weighted by atomic mass is 9.82. The first-order valence-electron chi connectivity index (χ1n) is 5.59. The number of aromatic nitrogens is 1. The first kappa shape index (κ1) is 11.1. The van der Waals surface area contributed by atoms with Crippen molar-refractivity contribution in [2.24, 2.45) is 5.92 Å². The van der Waals surface area contributed by atoms with E-state index in [-0.39, 0.29) is 0 Å². The van der Waals surface area contributed by atoms with Crippen LogP contribution in [0.5, 0.6) is 0 Å². The van der Waals surface area contributed by atoms with Gasteiger partial charge in [0.05, 0.1) is 0 Å². The molecule has 0 saturated carbocycles. The van der Waals surface area contributed by atoms with Gasteiger partial charge in [-0.15, -0.1) is 0 Å². The summed E-state index contributed by atoms with van der Waals surface area (Å²) in [6.45, 7) is 4.66. The SMILES string of the molecule is CC(c1ccncc1Br)C1CCNCC1. The Hall–Kier alpha value is -0.410. The molecule has 15 heavy (non-hydrogen) atoms. The molecule has 1 aromatic heterocycles. The predicted molar refractivity (Wildman–Crippen MR) is 65.9 cm³/mol. The van der Waals surface area contributed by atoms with E-state index in [1.807, 2.05) is 12.4 Å². The maximum atomic E-state index is 4.11. The topological polar surface area (TPSA) is 24.9 Å². The van der Waals surface area contributed by atoms with Gasteiger partial charge in [-0.25, -0.2) is 0 Å². The van der Waals surface area contributed by atoms with Crippen LogP contribution in [-0.4, -0.2) is 18.1 Å². The lowest BCUT2D eigenvalue weighted by Gasteiger charge is -2.29. The molecule has 0 spiro atoms. The summed E-state index contributed by atoms with van der Waals surface area (Å²) in [4.78, 5) is 4.11. The van der Waals surface area contributed by atoms with Crippen LogP contribution < -0.4 is 5.32 Å². The second-order valence-corrected chi connectivity index (χ2v) is 5.13. The van der Waals surface area contributed by atoms with Crippen LogP contribution in [0.1, 0.15) is 31.2 Å². The first-order valence-corrected chi connectivity index (χ1v) is 6.38. The van der Waals surface area contributed by atoms with Gasteiger partial charge in [0.25, 0.3) is 0 Å². The van der Waals surface area contributed by atoms with Gasteiger partial charge in [-0.3, -0.25) is 4.98 Å². The van der Waals surface area contributed by atoms with E-state index in [4.69, 9.17) is 0 Å². The van der Waals surface area contributed by atoms with E-state index in [1.54, 1.807) is 0 Å². The van der Waals surface area contributed by atoms with Gasteiger partial charge in [-0.2, -0.15) is 0 Å². The first-order chi connectivity index (χ1) is 7.29. The second kappa shape index (κ2) is 5.08. The molecule has 0 amide bonds. The van der Waals surface area contributed by atoms with E-state index < -0.39 is 0 Å². The lowest BCUT2D eigenvalue weighted by Crippen LogP contribution is -2.30. The number of hydrogen-bond acceptors (Lipinski definition) is 2. The van der Waals surface area contributed by atoms with Gasteiger partial charge in [-0.1, -0.05) is 6.92 Å². The highest BCUT2D eigenvalue weighted by atomic mass is 79.9. The Kier molecular flexibility index (Phi) is 3.76. The molecule has 1 N–H and O–H groups in total. The van der Waals surface area contributed by atoms with Crippen molar-refractivity contribution in [3.8, 4) is 0 Å². The van der Waals surface area contributed by atoms with Gasteiger partial charge in [-0.05, 0) is 65.3 Å². The molecule has 2 nitrogen and oxygen atoms in total. The summed E-state index contributed by atoms with van der Waals surface area (Å²) in [5, 5.41) is 3.41. The van der Waals surface area contributed by atoms with Crippen LogP contribution in [0.4, 0.5) is 0 Å². The van der Waals surface area contributed by atoms with E-state index in [9.17, 15) is 0 Å². The molecule has 1 aliphatic heterocycles. The van der Waals surface area contributed by atoms with Gasteiger partial charge >= 0.3 is 0 Å². The number of halogens is 1. The predicted octanol–water partition coefficient (Wildman–Crippen LogP) is 2.95. The van der Waals surface area contributed by atoms with Crippen LogP contribution in [0.3, 0.4) is 0 Å². The van der Waals surface area contributed by atoms with Gasteiger partial charge < -0.3 is 5.32 Å². The molecule has 0 aromatic carbocycles. The molecule has 3 heteroatoms. The van der Waals surface area contributed by atoms with Crippen molar-refractivity contribution in [3.63, 3.8) is 0 Å². The number of rotatable bonds is 2. The third-order valence-electron chi connectivity index (χ3n) is 3.39. The fourth-order valence-electron chi connectivity index (χ4n) is 2.35. The molecule has 1 saturated heterocycles. The molecule has 0 aliphatic carbocycles. The van der Waals surface area contributed by atoms with Crippen LogP contribution >= 0.6 is 15.9 Å². The Morgan fingerprint density at radius 1 is 1.47 bits per heavy atom. The third kappa shape index (κ3) is 2.58. The molecule has 2 rings (SSSR count). The van der Waals surface area contributed by atoms with Crippen molar-refractivity contribution in [2.45, 2.75) is 25.7 Å². The van der Waals surface area contributed by atoms with Gasteiger partial charge in [0.15, 0.2) is 0 Å². The molecular weight excluding hydrogens is 252 g/mol. The summed E-state index contributed by atoms with van der Waals surface area (Å²) >= 11 is 3.59. The summed E-state index contributed by atoms with van der Waals surface area (Å²) in [6, 6.07) is 2.14. The van der Waals surface area contributed by atoms with Crippen LogP contribution in [0.2, 0.25) is 0 Å². The summed E-state index contributed by atoms with van der Waals surface area (Å²) in [5.41, 5.74) is 1.40. The Bertz CT molecular complexity index is 321. The molecule has 2 heterocycles. The van der Waals surface area contributed by atoms with Crippen LogP contribution in [0, 0.1) is 5.92 Å². The standard InChI is InChI=1S/C12H17BrN2/c1-9(10-2-5-14-6-3-10)11-4-7-15-8-12(11)13/h4,7-10,14H,2-3,5-6H2,1H3. The molecule has 1 atom stereocenters. The van der Waals surface area contributed by atoms with Crippen molar-refractivity contribution in [1.82, 2.24) is 10.3 Å². The van der Waals surface area contributed by atoms with E-state index in [0.29, 0.717) is 5.92 Å². The van der Waals surface area contributed by atoms with Crippen molar-refractivity contribution in [3.05, 3.63) is 28.5 Å². The highest BCUT2D eigenvalue weighted by Gasteiger charge is 2.22. The highest BCUT2D eigenvalue weighted by Crippen LogP contribution is 2.33. The Labute approximate surface area is 99.6 Å². The fourth-order valence-corrected chi connectivity index (χ4v) is 2.96. The fraction of sp³-hybridized carbons (Fsp3) is 0.583. The summed E-state index contributed by atoms with van der Waals surface area (Å²) in [5.74, 6) is 1.44. The smallest absolute Gasteiger partial charge is 0.0413 e. The molecule has 0 bridgehead atoms. The number of piperidine rings is 1. The molecule has 1 aromatic rings. The minimum absolute atomic E-state index is 0.629. The summed E-state index contributed by atoms with van der Waals surface area (Å²) < 4.78 is 1.15. The Morgan fingerprint density at radius 3 is 2.87 bits per heavy atom. The zero-order valence-corrected chi connectivity index (χ0v) is 10.6. The minimum atomic E-state index is 0.629. The summed E-state index contributed by atoms with van der Waals surface area (Å²) in [7, 11) is 0. The lowest BCUT2D eigenvalue weighted by molar-refractivity contribution is 0.329. The zero-order chi connectivity index (χ0) is 10.7. The van der Waals surface area contributed by atoms with Crippen LogP contribution in [0.15, 0.2) is 22.9 Å². The van der Waals surface area contributed by atoms with Crippen LogP contribution in [-0.2, 0) is 0 Å². The average molecular weight is 269 g/mol. The molecular formula is C12H17BrN2. The van der Waals surface area contributed by atoms with Crippen molar-refractivity contribution in [2.75, 3.05) is 13.1 Å². The number of pyridine rings is 1. The maximum absolute atomic E-state index is 4.11. The van der Waals surface area contributed by atoms with E-state index in [0.717, 1.165) is 23.5 Å². The zero-order valence-electron chi connectivity index (χ0n) is 9.04.